The molecule has 0 atom stereocenters. The number of carbonyl (C=O) groups is 1. The van der Waals surface area contributed by atoms with Crippen LogP contribution in [0.2, 0.25) is 10.0 Å². The fourth-order valence-electron chi connectivity index (χ4n) is 2.46. The van der Waals surface area contributed by atoms with E-state index in [9.17, 15) is 4.79 Å². The van der Waals surface area contributed by atoms with Gasteiger partial charge in [0, 0.05) is 20.5 Å². The number of benzene rings is 2. The number of hydrogen-bond donors (Lipinski definition) is 1. The summed E-state index contributed by atoms with van der Waals surface area (Å²) in [5.41, 5.74) is 8.02. The van der Waals surface area contributed by atoms with Crippen LogP contribution in [0.5, 0.6) is 5.75 Å². The number of halogens is 2. The van der Waals surface area contributed by atoms with Crippen LogP contribution in [0, 0.1) is 0 Å². The molecule has 0 bridgehead atoms. The topological polar surface area (TPSA) is 61.5 Å². The van der Waals surface area contributed by atoms with Crippen LogP contribution in [0.25, 0.3) is 10.4 Å². The highest BCUT2D eigenvalue weighted by atomic mass is 35.5. The molecule has 3 aromatic rings. The maximum absolute atomic E-state index is 11.9. The van der Waals surface area contributed by atoms with E-state index in [2.05, 4.69) is 0 Å². The molecule has 0 aliphatic carbocycles. The molecule has 27 heavy (non-hydrogen) atoms. The van der Waals surface area contributed by atoms with Gasteiger partial charge in [0.05, 0.1) is 12.2 Å². The highest BCUT2D eigenvalue weighted by molar-refractivity contribution is 7.19. The third kappa shape index (κ3) is 4.56. The van der Waals surface area contributed by atoms with Gasteiger partial charge in [0.2, 0.25) is 0 Å². The average Bonchev–Trinajstić information content (AvgIpc) is 3.04. The van der Waals surface area contributed by atoms with Gasteiger partial charge >= 0.3 is 5.97 Å². The van der Waals surface area contributed by atoms with Crippen LogP contribution < -0.4 is 10.5 Å². The maximum atomic E-state index is 11.9. The number of anilines is 1. The lowest BCUT2D eigenvalue weighted by molar-refractivity contribution is 0.0528. The Kier molecular flexibility index (Phi) is 6.26. The van der Waals surface area contributed by atoms with Crippen molar-refractivity contribution in [2.24, 2.45) is 0 Å². The van der Waals surface area contributed by atoms with Crippen molar-refractivity contribution in [3.05, 3.63) is 69.7 Å². The number of esters is 1. The lowest BCUT2D eigenvalue weighted by Gasteiger charge is -2.09. The van der Waals surface area contributed by atoms with Gasteiger partial charge in [-0.15, -0.1) is 11.3 Å². The first-order chi connectivity index (χ1) is 13.0. The Labute approximate surface area is 171 Å². The van der Waals surface area contributed by atoms with Gasteiger partial charge in [-0.2, -0.15) is 0 Å². The summed E-state index contributed by atoms with van der Waals surface area (Å²) in [6, 6.07) is 14.6. The third-order valence-corrected chi connectivity index (χ3v) is 5.56. The van der Waals surface area contributed by atoms with E-state index in [1.165, 1.54) is 11.3 Å². The fourth-order valence-corrected chi connectivity index (χ4v) is 3.88. The summed E-state index contributed by atoms with van der Waals surface area (Å²) in [5, 5.41) is 1.58. The zero-order chi connectivity index (χ0) is 19.4. The third-order valence-electron chi connectivity index (χ3n) is 3.84. The van der Waals surface area contributed by atoms with Crippen molar-refractivity contribution in [1.82, 2.24) is 0 Å². The first-order valence-corrected chi connectivity index (χ1v) is 9.79. The van der Waals surface area contributed by atoms with E-state index in [4.69, 9.17) is 38.4 Å². The average molecular weight is 422 g/mol. The van der Waals surface area contributed by atoms with Gasteiger partial charge in [-0.25, -0.2) is 4.79 Å². The molecule has 1 heterocycles. The van der Waals surface area contributed by atoms with Crippen molar-refractivity contribution in [2.75, 3.05) is 12.3 Å². The van der Waals surface area contributed by atoms with Gasteiger partial charge < -0.3 is 15.2 Å². The van der Waals surface area contributed by atoms with Crippen molar-refractivity contribution in [2.45, 2.75) is 13.5 Å². The molecule has 0 saturated carbocycles. The van der Waals surface area contributed by atoms with E-state index in [0.717, 1.165) is 16.0 Å². The monoisotopic (exact) mass is 421 g/mol. The van der Waals surface area contributed by atoms with Crippen LogP contribution >= 0.6 is 34.5 Å². The van der Waals surface area contributed by atoms with Crippen LogP contribution in [-0.2, 0) is 11.3 Å². The Bertz CT molecular complexity index is 934. The standard InChI is InChI=1S/C20H17Cl2NO3S/c1-2-25-20(24)14-10-18(27-19(14)23)12-6-8-13(9-7-12)26-11-15-16(21)4-3-5-17(15)22/h3-10H,2,11,23H2,1H3. The van der Waals surface area contributed by atoms with Gasteiger partial charge in [-0.1, -0.05) is 29.3 Å². The van der Waals surface area contributed by atoms with Crippen LogP contribution in [0.4, 0.5) is 5.00 Å². The van der Waals surface area contributed by atoms with E-state index in [1.807, 2.05) is 24.3 Å². The van der Waals surface area contributed by atoms with Crippen molar-refractivity contribution >= 4 is 45.5 Å². The molecule has 0 amide bonds. The molecular weight excluding hydrogens is 405 g/mol. The van der Waals surface area contributed by atoms with Crippen LogP contribution in [-0.4, -0.2) is 12.6 Å². The highest BCUT2D eigenvalue weighted by Crippen LogP contribution is 2.35. The molecule has 0 spiro atoms. The summed E-state index contributed by atoms with van der Waals surface area (Å²) < 4.78 is 10.8. The molecule has 3 rings (SSSR count). The van der Waals surface area contributed by atoms with Crippen molar-refractivity contribution in [3.8, 4) is 16.2 Å². The smallest absolute Gasteiger partial charge is 0.341 e. The van der Waals surface area contributed by atoms with Gasteiger partial charge in [0.15, 0.2) is 0 Å². The summed E-state index contributed by atoms with van der Waals surface area (Å²) in [4.78, 5) is 12.8. The normalized spacial score (nSPS) is 10.6. The molecule has 0 unspecified atom stereocenters. The van der Waals surface area contributed by atoms with E-state index in [1.54, 1.807) is 31.2 Å². The van der Waals surface area contributed by atoms with Crippen LogP contribution in [0.3, 0.4) is 0 Å². The number of thiophene rings is 1. The summed E-state index contributed by atoms with van der Waals surface area (Å²) in [6.07, 6.45) is 0. The first-order valence-electron chi connectivity index (χ1n) is 8.22. The fraction of sp³-hybridized carbons (Fsp3) is 0.150. The number of hydrogen-bond acceptors (Lipinski definition) is 5. The molecular formula is C20H17Cl2NO3S. The molecule has 0 aliphatic heterocycles. The second-order valence-electron chi connectivity index (χ2n) is 5.62. The van der Waals surface area contributed by atoms with E-state index < -0.39 is 5.97 Å². The number of nitrogen functional groups attached to an aromatic ring is 1. The molecule has 1 aromatic heterocycles. The molecule has 4 nitrogen and oxygen atoms in total. The number of ether oxygens (including phenoxy) is 2. The predicted molar refractivity (Wildman–Crippen MR) is 111 cm³/mol. The molecule has 2 N–H and O–H groups in total. The van der Waals surface area contributed by atoms with Crippen molar-refractivity contribution < 1.29 is 14.3 Å². The van der Waals surface area contributed by atoms with Gasteiger partial charge in [0.1, 0.15) is 17.4 Å². The summed E-state index contributed by atoms with van der Waals surface area (Å²) in [6.45, 7) is 2.34. The Hall–Kier alpha value is -2.21. The SMILES string of the molecule is CCOC(=O)c1cc(-c2ccc(OCc3c(Cl)cccc3Cl)cc2)sc1N. The van der Waals surface area contributed by atoms with E-state index in [0.29, 0.717) is 33.0 Å². The molecule has 2 aromatic carbocycles. The Morgan fingerprint density at radius 1 is 1.11 bits per heavy atom. The Morgan fingerprint density at radius 2 is 1.78 bits per heavy atom. The molecule has 0 saturated heterocycles. The van der Waals surface area contributed by atoms with Crippen LogP contribution in [0.1, 0.15) is 22.8 Å². The highest BCUT2D eigenvalue weighted by Gasteiger charge is 2.16. The van der Waals surface area contributed by atoms with E-state index >= 15 is 0 Å². The maximum Gasteiger partial charge on any atom is 0.341 e. The summed E-state index contributed by atoms with van der Waals surface area (Å²) in [7, 11) is 0. The minimum absolute atomic E-state index is 0.275. The molecule has 0 aliphatic rings. The van der Waals surface area contributed by atoms with Crippen molar-refractivity contribution in [3.63, 3.8) is 0 Å². The number of nitrogens with two attached hydrogens (primary N) is 1. The van der Waals surface area contributed by atoms with E-state index in [-0.39, 0.29) is 6.61 Å². The quantitative estimate of drug-likeness (QED) is 0.491. The van der Waals surface area contributed by atoms with Gasteiger partial charge in [-0.3, -0.25) is 0 Å². The zero-order valence-corrected chi connectivity index (χ0v) is 16.8. The Balaban J connectivity index is 1.72. The minimum atomic E-state index is -0.408. The lowest BCUT2D eigenvalue weighted by atomic mass is 10.1. The zero-order valence-electron chi connectivity index (χ0n) is 14.5. The first kappa shape index (κ1) is 19.5. The molecule has 0 fully saturated rings. The van der Waals surface area contributed by atoms with Crippen molar-refractivity contribution in [1.29, 1.82) is 0 Å². The molecule has 7 heteroatoms. The largest absolute Gasteiger partial charge is 0.489 e. The minimum Gasteiger partial charge on any atom is -0.489 e. The summed E-state index contributed by atoms with van der Waals surface area (Å²) >= 11 is 13.6. The lowest BCUT2D eigenvalue weighted by Crippen LogP contribution is -2.05. The second-order valence-corrected chi connectivity index (χ2v) is 7.52. The van der Waals surface area contributed by atoms with Crippen LogP contribution in [0.15, 0.2) is 48.5 Å². The van der Waals surface area contributed by atoms with Gasteiger partial charge in [0.25, 0.3) is 0 Å². The Morgan fingerprint density at radius 3 is 2.41 bits per heavy atom. The molecule has 0 radical (unpaired) electrons. The second kappa shape index (κ2) is 8.65. The molecule has 140 valence electrons. The van der Waals surface area contributed by atoms with Gasteiger partial charge in [-0.05, 0) is 55.0 Å². The summed E-state index contributed by atoms with van der Waals surface area (Å²) in [5.74, 6) is 0.277. The predicted octanol–water partition coefficient (Wildman–Crippen LogP) is 6.06. The number of rotatable bonds is 6. The number of carbonyl (C=O) groups excluding carboxylic acids is 1.